The molecular weight excluding hydrogens is 486 g/mol. The zero-order valence-electron chi connectivity index (χ0n) is 22.0. The van der Waals surface area contributed by atoms with E-state index in [1.807, 2.05) is 12.1 Å². The van der Waals surface area contributed by atoms with Crippen LogP contribution in [0, 0.1) is 0 Å². The van der Waals surface area contributed by atoms with Crippen molar-refractivity contribution in [3.63, 3.8) is 0 Å². The maximum Gasteiger partial charge on any atom is 0.330 e. The predicted octanol–water partition coefficient (Wildman–Crippen LogP) is 4.27. The van der Waals surface area contributed by atoms with E-state index >= 15 is 0 Å². The number of hydrogen-bond acceptors (Lipinski definition) is 8. The molecule has 1 saturated heterocycles. The maximum absolute atomic E-state index is 11.6. The molecule has 2 atom stereocenters. The second kappa shape index (κ2) is 15.2. The molecule has 8 nitrogen and oxygen atoms in total. The predicted molar refractivity (Wildman–Crippen MR) is 145 cm³/mol. The molecule has 0 saturated carbocycles. The monoisotopic (exact) mass is 523 g/mol. The number of aliphatic hydroxyl groups excluding tert-OH is 1. The highest BCUT2D eigenvalue weighted by atomic mass is 17.2. The second-order valence-corrected chi connectivity index (χ2v) is 9.24. The van der Waals surface area contributed by atoms with Gasteiger partial charge in [-0.05, 0) is 73.6 Å². The molecule has 1 aliphatic rings. The Hall–Kier alpha value is -3.30. The second-order valence-electron chi connectivity index (χ2n) is 9.24. The number of anilines is 2. The van der Waals surface area contributed by atoms with Gasteiger partial charge in [0.25, 0.3) is 0 Å². The molecule has 1 heterocycles. The van der Waals surface area contributed by atoms with E-state index in [1.165, 1.54) is 0 Å². The molecule has 8 heteroatoms. The summed E-state index contributed by atoms with van der Waals surface area (Å²) in [5, 5.41) is 10.2. The molecule has 2 unspecified atom stereocenters. The van der Waals surface area contributed by atoms with Crippen molar-refractivity contribution in [3.05, 3.63) is 84.5 Å². The van der Waals surface area contributed by atoms with Crippen molar-refractivity contribution in [2.75, 3.05) is 37.9 Å². The fourth-order valence-electron chi connectivity index (χ4n) is 3.85. The zero-order valence-corrected chi connectivity index (χ0v) is 22.0. The summed E-state index contributed by atoms with van der Waals surface area (Å²) < 4.78 is 10.6. The van der Waals surface area contributed by atoms with Gasteiger partial charge in [0.2, 0.25) is 0 Å². The Morgan fingerprint density at radius 2 is 1.68 bits per heavy atom. The Morgan fingerprint density at radius 3 is 2.21 bits per heavy atom. The lowest BCUT2D eigenvalue weighted by molar-refractivity contribution is -0.438. The topological polar surface area (TPSA) is 94.5 Å². The van der Waals surface area contributed by atoms with E-state index in [0.29, 0.717) is 51.2 Å². The maximum atomic E-state index is 11.6. The van der Waals surface area contributed by atoms with Gasteiger partial charge < -0.3 is 19.5 Å². The zero-order chi connectivity index (χ0) is 27.3. The summed E-state index contributed by atoms with van der Waals surface area (Å²) in [6.45, 7) is 10.6. The van der Waals surface area contributed by atoms with Crippen molar-refractivity contribution >= 4 is 23.1 Å². The molecule has 38 heavy (non-hydrogen) atoms. The van der Waals surface area contributed by atoms with Gasteiger partial charge >= 0.3 is 5.97 Å². The van der Waals surface area contributed by atoms with Crippen LogP contribution in [-0.2, 0) is 41.7 Å². The van der Waals surface area contributed by atoms with Crippen molar-refractivity contribution in [3.8, 4) is 0 Å². The molecule has 0 aromatic heterocycles. The average molecular weight is 524 g/mol. The number of rotatable bonds is 17. The van der Waals surface area contributed by atoms with E-state index in [1.54, 1.807) is 6.92 Å². The summed E-state index contributed by atoms with van der Waals surface area (Å²) in [4.78, 5) is 34.8. The lowest BCUT2D eigenvalue weighted by Gasteiger charge is -2.28. The number of aryl methyl sites for hydroxylation is 1. The van der Waals surface area contributed by atoms with Crippen LogP contribution in [-0.4, -0.2) is 62.0 Å². The number of nitrogens with zero attached hydrogens (tertiary/aromatic N) is 1. The van der Waals surface area contributed by atoms with Crippen molar-refractivity contribution in [1.82, 2.24) is 0 Å². The van der Waals surface area contributed by atoms with E-state index in [-0.39, 0.29) is 18.5 Å². The highest BCUT2D eigenvalue weighted by Crippen LogP contribution is 2.27. The Kier molecular flexibility index (Phi) is 11.7. The van der Waals surface area contributed by atoms with Crippen LogP contribution in [0.3, 0.4) is 0 Å². The van der Waals surface area contributed by atoms with Crippen LogP contribution in [0.25, 0.3) is 0 Å². The molecule has 2 aromatic carbocycles. The number of aliphatic hydroxyl groups is 1. The molecule has 1 aliphatic heterocycles. The average Bonchev–Trinajstić information content (AvgIpc) is 2.89. The molecule has 0 spiro atoms. The molecular formula is C30H37NO7. The van der Waals surface area contributed by atoms with E-state index in [2.05, 4.69) is 59.3 Å². The summed E-state index contributed by atoms with van der Waals surface area (Å²) >= 11 is 0. The van der Waals surface area contributed by atoms with Crippen LogP contribution >= 0.6 is 0 Å². The molecule has 204 valence electrons. The standard InChI is InChI=1S/C30H37NO7/c1-4-30(34)36-18-5-17-31(25-11-6-23(7-12-25)10-15-27(32)29-21-37-38-29)26-13-8-24(9-14-26)16-19-35-20-28(33)22(2)3/h4,6-9,11-14,27,29,32H,1-2,5,10,15-21H2,3H3. The van der Waals surface area contributed by atoms with Crippen molar-refractivity contribution in [2.24, 2.45) is 0 Å². The number of ether oxygens (including phenoxy) is 2. The first-order chi connectivity index (χ1) is 18.4. The lowest BCUT2D eigenvalue weighted by Crippen LogP contribution is -2.41. The third-order valence-electron chi connectivity index (χ3n) is 6.26. The summed E-state index contributed by atoms with van der Waals surface area (Å²) in [7, 11) is 0. The Morgan fingerprint density at radius 1 is 1.08 bits per heavy atom. The molecule has 0 aliphatic carbocycles. The first-order valence-corrected chi connectivity index (χ1v) is 12.8. The highest BCUT2D eigenvalue weighted by molar-refractivity contribution is 5.95. The van der Waals surface area contributed by atoms with Crippen LogP contribution < -0.4 is 4.90 Å². The Labute approximate surface area is 224 Å². The molecule has 1 N–H and O–H groups in total. The van der Waals surface area contributed by atoms with Crippen LogP contribution in [0.15, 0.2) is 73.3 Å². The number of carbonyl (C=O) groups is 2. The smallest absolute Gasteiger partial charge is 0.330 e. The molecule has 2 aromatic rings. The van der Waals surface area contributed by atoms with Crippen molar-refractivity contribution in [1.29, 1.82) is 0 Å². The number of carbonyl (C=O) groups excluding carboxylic acids is 2. The first kappa shape index (κ1) is 29.3. The van der Waals surface area contributed by atoms with Gasteiger partial charge in [-0.3, -0.25) is 4.79 Å². The summed E-state index contributed by atoms with van der Waals surface area (Å²) in [5.41, 5.74) is 4.74. The Bertz CT molecular complexity index is 1060. The minimum absolute atomic E-state index is 0.0509. The van der Waals surface area contributed by atoms with Gasteiger partial charge in [-0.15, -0.1) is 0 Å². The van der Waals surface area contributed by atoms with E-state index in [0.717, 1.165) is 35.0 Å². The van der Waals surface area contributed by atoms with Crippen molar-refractivity contribution in [2.45, 2.75) is 44.8 Å². The largest absolute Gasteiger partial charge is 0.462 e. The normalized spacial score (nSPS) is 15.3. The summed E-state index contributed by atoms with van der Waals surface area (Å²) in [5.74, 6) is -0.516. The first-order valence-electron chi connectivity index (χ1n) is 12.8. The number of benzene rings is 2. The fraction of sp³-hybridized carbons (Fsp3) is 0.400. The van der Waals surface area contributed by atoms with E-state index in [9.17, 15) is 14.7 Å². The van der Waals surface area contributed by atoms with Gasteiger partial charge in [-0.2, -0.15) is 0 Å². The minimum atomic E-state index is -0.547. The lowest BCUT2D eigenvalue weighted by atomic mass is 10.0. The van der Waals surface area contributed by atoms with Gasteiger partial charge in [-0.1, -0.05) is 37.4 Å². The molecule has 3 rings (SSSR count). The number of Topliss-reactive ketones (excluding diaryl/α,β-unsaturated/α-hetero) is 1. The van der Waals surface area contributed by atoms with Crippen LogP contribution in [0.2, 0.25) is 0 Å². The quantitative estimate of drug-likeness (QED) is 0.142. The van der Waals surface area contributed by atoms with Gasteiger partial charge in [0.05, 0.1) is 19.3 Å². The number of hydrogen-bond donors (Lipinski definition) is 1. The van der Waals surface area contributed by atoms with E-state index < -0.39 is 12.1 Å². The highest BCUT2D eigenvalue weighted by Gasteiger charge is 2.28. The van der Waals surface area contributed by atoms with Gasteiger partial charge in [0.15, 0.2) is 5.78 Å². The van der Waals surface area contributed by atoms with Crippen LogP contribution in [0.4, 0.5) is 11.4 Å². The van der Waals surface area contributed by atoms with Gasteiger partial charge in [0, 0.05) is 24.0 Å². The number of ketones is 1. The Balaban J connectivity index is 1.61. The molecule has 1 fully saturated rings. The van der Waals surface area contributed by atoms with E-state index in [4.69, 9.17) is 14.4 Å². The van der Waals surface area contributed by atoms with Crippen LogP contribution in [0.1, 0.15) is 30.9 Å². The van der Waals surface area contributed by atoms with Crippen molar-refractivity contribution < 1.29 is 33.9 Å². The van der Waals surface area contributed by atoms with Gasteiger partial charge in [-0.25, -0.2) is 14.6 Å². The summed E-state index contributed by atoms with van der Waals surface area (Å²) in [6.07, 6.45) is 3.03. The van der Waals surface area contributed by atoms with Gasteiger partial charge in [0.1, 0.15) is 19.3 Å². The minimum Gasteiger partial charge on any atom is -0.462 e. The molecule has 0 radical (unpaired) electrons. The number of esters is 1. The third-order valence-corrected chi connectivity index (χ3v) is 6.26. The SMILES string of the molecule is C=CC(=O)OCCCN(c1ccc(CCOCC(=O)C(=C)C)cc1)c1ccc(CCC(O)C2COO2)cc1. The van der Waals surface area contributed by atoms with Crippen LogP contribution in [0.5, 0.6) is 0 Å². The fourth-order valence-corrected chi connectivity index (χ4v) is 3.85. The molecule has 0 amide bonds. The third kappa shape index (κ3) is 9.22. The summed E-state index contributed by atoms with van der Waals surface area (Å²) in [6, 6.07) is 16.4. The molecule has 0 bridgehead atoms.